The van der Waals surface area contributed by atoms with E-state index in [0.29, 0.717) is 0 Å². The normalized spacial score (nSPS) is 11.4. The van der Waals surface area contributed by atoms with Gasteiger partial charge in [-0.15, -0.1) is 0 Å². The fourth-order valence-corrected chi connectivity index (χ4v) is 2.28. The molecule has 0 saturated carbocycles. The van der Waals surface area contributed by atoms with E-state index in [1.807, 2.05) is 0 Å². The lowest BCUT2D eigenvalue weighted by atomic mass is 10.2. The van der Waals surface area contributed by atoms with Crippen LogP contribution in [-0.4, -0.2) is 18.9 Å². The maximum absolute atomic E-state index is 3.58. The fourth-order valence-electron chi connectivity index (χ4n) is 0.759. The first-order valence-corrected chi connectivity index (χ1v) is 5.90. The Kier molecular flexibility index (Phi) is 6.36. The molecule has 0 atom stereocenters. The van der Waals surface area contributed by atoms with Crippen LogP contribution >= 0.6 is 8.07 Å². The zero-order valence-corrected chi connectivity index (χ0v) is 8.54. The van der Waals surface area contributed by atoms with Crippen molar-refractivity contribution in [3.63, 3.8) is 0 Å². The summed E-state index contributed by atoms with van der Waals surface area (Å²) in [6.45, 7) is 10.2. The summed E-state index contributed by atoms with van der Waals surface area (Å²) in [7, 11) is 0.161. The second-order valence-corrected chi connectivity index (χ2v) is 5.59. The van der Waals surface area contributed by atoms with Crippen LogP contribution < -0.4 is 5.09 Å². The van der Waals surface area contributed by atoms with Crippen molar-refractivity contribution in [3.05, 3.63) is 0 Å². The molecule has 0 aliphatic carbocycles. The maximum atomic E-state index is 3.58. The molecule has 0 amide bonds. The predicted octanol–water partition coefficient (Wildman–Crippen LogP) is 2.67. The average Bonchev–Trinajstić information content (AvgIpc) is 1.90. The van der Waals surface area contributed by atoms with E-state index in [1.54, 1.807) is 0 Å². The molecule has 0 bridgehead atoms. The van der Waals surface area contributed by atoms with Crippen LogP contribution in [0.25, 0.3) is 0 Å². The Hall–Kier alpha value is 0.390. The summed E-state index contributed by atoms with van der Waals surface area (Å²) in [4.78, 5) is 0. The molecule has 0 rings (SSSR count). The molecule has 1 nitrogen and oxygen atoms in total. The standard InChI is InChI=1S/C8H20NP/c1-5-10(6-2)9-7-8(3)4/h8-9H,5-7H2,1-4H3. The first kappa shape index (κ1) is 10.4. The summed E-state index contributed by atoms with van der Waals surface area (Å²) in [5, 5.41) is 3.58. The van der Waals surface area contributed by atoms with E-state index in [0.717, 1.165) is 5.92 Å². The molecule has 0 aromatic rings. The molecule has 0 radical (unpaired) electrons. The van der Waals surface area contributed by atoms with Gasteiger partial charge in [-0.1, -0.05) is 27.7 Å². The van der Waals surface area contributed by atoms with Crippen LogP contribution in [0, 0.1) is 5.92 Å². The van der Waals surface area contributed by atoms with Gasteiger partial charge in [-0.05, 0) is 26.3 Å². The molecular formula is C8H20NP. The van der Waals surface area contributed by atoms with Crippen molar-refractivity contribution in [2.24, 2.45) is 5.92 Å². The van der Waals surface area contributed by atoms with Gasteiger partial charge in [0.2, 0.25) is 0 Å². The average molecular weight is 161 g/mol. The van der Waals surface area contributed by atoms with E-state index in [9.17, 15) is 0 Å². The van der Waals surface area contributed by atoms with Crippen LogP contribution in [0.15, 0.2) is 0 Å². The van der Waals surface area contributed by atoms with Gasteiger partial charge in [0.15, 0.2) is 0 Å². The van der Waals surface area contributed by atoms with Crippen molar-refractivity contribution in [1.29, 1.82) is 0 Å². The number of hydrogen-bond donors (Lipinski definition) is 1. The Balaban J connectivity index is 3.26. The highest BCUT2D eigenvalue weighted by atomic mass is 31.1. The molecule has 2 heteroatoms. The van der Waals surface area contributed by atoms with Crippen LogP contribution in [0.4, 0.5) is 0 Å². The first-order valence-electron chi connectivity index (χ1n) is 4.19. The van der Waals surface area contributed by atoms with Gasteiger partial charge in [-0.25, -0.2) is 0 Å². The minimum absolute atomic E-state index is 0.161. The van der Waals surface area contributed by atoms with Crippen molar-refractivity contribution < 1.29 is 0 Å². The Morgan fingerprint density at radius 2 is 1.70 bits per heavy atom. The van der Waals surface area contributed by atoms with Crippen LogP contribution in [-0.2, 0) is 0 Å². The monoisotopic (exact) mass is 161 g/mol. The van der Waals surface area contributed by atoms with Crippen LogP contribution in [0.5, 0.6) is 0 Å². The largest absolute Gasteiger partial charge is 0.295 e. The Bertz CT molecular complexity index is 69.7. The second kappa shape index (κ2) is 6.12. The first-order chi connectivity index (χ1) is 4.70. The molecule has 0 fully saturated rings. The molecule has 62 valence electrons. The number of nitrogens with one attached hydrogen (secondary N) is 1. The van der Waals surface area contributed by atoms with Gasteiger partial charge >= 0.3 is 0 Å². The third-order valence-corrected chi connectivity index (χ3v) is 3.64. The van der Waals surface area contributed by atoms with Crippen molar-refractivity contribution in [1.82, 2.24) is 5.09 Å². The fraction of sp³-hybridized carbons (Fsp3) is 1.00. The zero-order chi connectivity index (χ0) is 7.98. The van der Waals surface area contributed by atoms with Crippen molar-refractivity contribution >= 4 is 8.07 Å². The molecule has 0 aliphatic heterocycles. The van der Waals surface area contributed by atoms with Gasteiger partial charge in [0.05, 0.1) is 0 Å². The van der Waals surface area contributed by atoms with E-state index in [2.05, 4.69) is 32.8 Å². The van der Waals surface area contributed by atoms with E-state index >= 15 is 0 Å². The highest BCUT2D eigenvalue weighted by molar-refractivity contribution is 7.55. The minimum Gasteiger partial charge on any atom is -0.295 e. The zero-order valence-electron chi connectivity index (χ0n) is 7.65. The van der Waals surface area contributed by atoms with E-state index in [4.69, 9.17) is 0 Å². The van der Waals surface area contributed by atoms with Crippen LogP contribution in [0.2, 0.25) is 0 Å². The van der Waals surface area contributed by atoms with Crippen molar-refractivity contribution in [2.75, 3.05) is 18.9 Å². The number of rotatable bonds is 5. The summed E-state index contributed by atoms with van der Waals surface area (Å²) >= 11 is 0. The lowest BCUT2D eigenvalue weighted by molar-refractivity contribution is 0.635. The smallest absolute Gasteiger partial charge is 0.00132 e. The minimum atomic E-state index is 0.161. The van der Waals surface area contributed by atoms with E-state index in [-0.39, 0.29) is 8.07 Å². The summed E-state index contributed by atoms with van der Waals surface area (Å²) in [6.07, 6.45) is 2.64. The predicted molar refractivity (Wildman–Crippen MR) is 50.8 cm³/mol. The molecule has 1 N–H and O–H groups in total. The quantitative estimate of drug-likeness (QED) is 0.611. The summed E-state index contributed by atoms with van der Waals surface area (Å²) in [5.74, 6) is 0.795. The Morgan fingerprint density at radius 1 is 1.20 bits per heavy atom. The molecule has 0 spiro atoms. The summed E-state index contributed by atoms with van der Waals surface area (Å²) in [5.41, 5.74) is 0. The molecule has 0 aromatic heterocycles. The molecule has 0 unspecified atom stereocenters. The Labute approximate surface area is 66.4 Å². The van der Waals surface area contributed by atoms with Gasteiger partial charge in [-0.3, -0.25) is 5.09 Å². The topological polar surface area (TPSA) is 12.0 Å². The van der Waals surface area contributed by atoms with E-state index in [1.165, 1.54) is 18.9 Å². The van der Waals surface area contributed by atoms with Crippen LogP contribution in [0.1, 0.15) is 27.7 Å². The van der Waals surface area contributed by atoms with Crippen LogP contribution in [0.3, 0.4) is 0 Å². The number of hydrogen-bond acceptors (Lipinski definition) is 1. The summed E-state index contributed by atoms with van der Waals surface area (Å²) in [6, 6.07) is 0. The molecule has 0 aromatic carbocycles. The highest BCUT2D eigenvalue weighted by Gasteiger charge is 2.01. The lowest BCUT2D eigenvalue weighted by Crippen LogP contribution is -2.15. The van der Waals surface area contributed by atoms with Gasteiger partial charge in [0.25, 0.3) is 0 Å². The highest BCUT2D eigenvalue weighted by Crippen LogP contribution is 2.28. The molecule has 0 saturated heterocycles. The summed E-state index contributed by atoms with van der Waals surface area (Å²) < 4.78 is 0. The van der Waals surface area contributed by atoms with Crippen molar-refractivity contribution in [2.45, 2.75) is 27.7 Å². The second-order valence-electron chi connectivity index (χ2n) is 2.93. The maximum Gasteiger partial charge on any atom is 0.00132 e. The third-order valence-electron chi connectivity index (χ3n) is 1.49. The third kappa shape index (κ3) is 5.20. The Morgan fingerprint density at radius 3 is 2.00 bits per heavy atom. The van der Waals surface area contributed by atoms with E-state index < -0.39 is 0 Å². The van der Waals surface area contributed by atoms with Gasteiger partial charge in [0, 0.05) is 6.54 Å². The SMILES string of the molecule is CCP(CC)NCC(C)C. The molecular weight excluding hydrogens is 141 g/mol. The molecule has 10 heavy (non-hydrogen) atoms. The molecule has 0 aliphatic rings. The van der Waals surface area contributed by atoms with Gasteiger partial charge in [-0.2, -0.15) is 0 Å². The van der Waals surface area contributed by atoms with Gasteiger partial charge in [0.1, 0.15) is 0 Å². The van der Waals surface area contributed by atoms with Crippen molar-refractivity contribution in [3.8, 4) is 0 Å². The molecule has 0 heterocycles. The lowest BCUT2D eigenvalue weighted by Gasteiger charge is -2.16. The van der Waals surface area contributed by atoms with Gasteiger partial charge < -0.3 is 0 Å².